The third-order valence-corrected chi connectivity index (χ3v) is 5.19. The number of rotatable bonds is 5. The van der Waals surface area contributed by atoms with Crippen molar-refractivity contribution in [1.82, 2.24) is 9.55 Å². The Morgan fingerprint density at radius 1 is 1.22 bits per heavy atom. The maximum Gasteiger partial charge on any atom is 0.261 e. The molecule has 2 heterocycles. The van der Waals surface area contributed by atoms with Gasteiger partial charge < -0.3 is 14.8 Å². The molecule has 1 aliphatic rings. The van der Waals surface area contributed by atoms with E-state index in [1.165, 1.54) is 16.3 Å². The fourth-order valence-electron chi connectivity index (χ4n) is 2.76. The number of para-hydroxylation sites is 1. The van der Waals surface area contributed by atoms with Crippen LogP contribution in [0, 0.1) is 0 Å². The van der Waals surface area contributed by atoms with Crippen molar-refractivity contribution in [3.05, 3.63) is 52.8 Å². The number of hydrogen-bond donors (Lipinski definition) is 1. The minimum atomic E-state index is -0.118. The van der Waals surface area contributed by atoms with E-state index in [2.05, 4.69) is 10.3 Å². The predicted octanol–water partition coefficient (Wildman–Crippen LogP) is 2.78. The Morgan fingerprint density at radius 3 is 2.93 bits per heavy atom. The molecule has 0 saturated heterocycles. The van der Waals surface area contributed by atoms with Crippen LogP contribution in [-0.4, -0.2) is 28.0 Å². The average Bonchev–Trinajstić information content (AvgIpc) is 3.13. The molecule has 0 radical (unpaired) electrons. The Hall–Kier alpha value is -3.00. The lowest BCUT2D eigenvalue weighted by Crippen LogP contribution is -2.20. The van der Waals surface area contributed by atoms with Crippen LogP contribution in [-0.2, 0) is 11.8 Å². The predicted molar refractivity (Wildman–Crippen MR) is 104 cm³/mol. The quantitative estimate of drug-likeness (QED) is 0.539. The topological polar surface area (TPSA) is 82.5 Å². The van der Waals surface area contributed by atoms with Crippen molar-refractivity contribution in [2.45, 2.75) is 11.6 Å². The molecule has 0 fully saturated rings. The van der Waals surface area contributed by atoms with E-state index < -0.39 is 0 Å². The van der Waals surface area contributed by atoms with Gasteiger partial charge in [0.15, 0.2) is 16.7 Å². The van der Waals surface area contributed by atoms with Gasteiger partial charge in [0.05, 0.1) is 10.9 Å². The first-order valence-electron chi connectivity index (χ1n) is 8.40. The lowest BCUT2D eigenvalue weighted by Gasteiger charge is -2.09. The second-order valence-corrected chi connectivity index (χ2v) is 7.05. The molecule has 7 nitrogen and oxygen atoms in total. The lowest BCUT2D eigenvalue weighted by atomic mass is 10.2. The highest BCUT2D eigenvalue weighted by molar-refractivity contribution is 7.99. The summed E-state index contributed by atoms with van der Waals surface area (Å²) >= 11 is 1.38. The molecule has 1 aliphatic heterocycles. The van der Waals surface area contributed by atoms with Gasteiger partial charge in [0.2, 0.25) is 12.7 Å². The molecule has 0 unspecified atom stereocenters. The molecule has 0 saturated carbocycles. The summed E-state index contributed by atoms with van der Waals surface area (Å²) in [6, 6.07) is 12.5. The molecular formula is C19H17N3O4S. The lowest BCUT2D eigenvalue weighted by molar-refractivity contribution is -0.115. The van der Waals surface area contributed by atoms with Crippen molar-refractivity contribution in [3.63, 3.8) is 0 Å². The van der Waals surface area contributed by atoms with E-state index in [4.69, 9.17) is 9.47 Å². The second kappa shape index (κ2) is 7.32. The minimum absolute atomic E-state index is 0.0899. The first-order valence-corrected chi connectivity index (χ1v) is 9.38. The van der Waals surface area contributed by atoms with Gasteiger partial charge in [-0.25, -0.2) is 4.98 Å². The third kappa shape index (κ3) is 3.61. The summed E-state index contributed by atoms with van der Waals surface area (Å²) in [4.78, 5) is 29.1. The Bertz CT molecular complexity index is 1080. The molecule has 0 atom stereocenters. The van der Waals surface area contributed by atoms with E-state index in [9.17, 15) is 9.59 Å². The molecular weight excluding hydrogens is 366 g/mol. The maximum absolute atomic E-state index is 12.4. The number of anilines is 1. The molecule has 0 aliphatic carbocycles. The Morgan fingerprint density at radius 2 is 2.04 bits per heavy atom. The van der Waals surface area contributed by atoms with E-state index in [0.29, 0.717) is 45.4 Å². The number of hydrogen-bond acceptors (Lipinski definition) is 6. The summed E-state index contributed by atoms with van der Waals surface area (Å²) < 4.78 is 12.1. The van der Waals surface area contributed by atoms with E-state index in [-0.39, 0.29) is 18.3 Å². The number of carbonyl (C=O) groups excluding carboxylic acids is 1. The molecule has 1 N–H and O–H groups in total. The number of amides is 1. The Labute approximate surface area is 159 Å². The highest BCUT2D eigenvalue weighted by atomic mass is 32.2. The van der Waals surface area contributed by atoms with Crippen LogP contribution in [0.3, 0.4) is 0 Å². The van der Waals surface area contributed by atoms with Gasteiger partial charge in [-0.15, -0.1) is 0 Å². The summed E-state index contributed by atoms with van der Waals surface area (Å²) in [5.41, 5.74) is 1.23. The molecule has 2 aromatic carbocycles. The van der Waals surface area contributed by atoms with Crippen molar-refractivity contribution in [1.29, 1.82) is 0 Å². The molecule has 0 spiro atoms. The zero-order valence-corrected chi connectivity index (χ0v) is 15.4. The average molecular weight is 383 g/mol. The Balaban J connectivity index is 1.38. The monoisotopic (exact) mass is 383 g/mol. The number of carbonyl (C=O) groups is 1. The van der Waals surface area contributed by atoms with Crippen LogP contribution in [0.5, 0.6) is 11.5 Å². The second-order valence-electron chi connectivity index (χ2n) is 5.99. The standard InChI is InChI=1S/C19H17N3O4S/c1-22-18(24)13-4-2-3-5-14(13)21-19(22)27-9-8-17(23)20-12-6-7-15-16(10-12)26-11-25-15/h2-7,10H,8-9,11H2,1H3,(H,20,23). The van der Waals surface area contributed by atoms with Gasteiger partial charge >= 0.3 is 0 Å². The van der Waals surface area contributed by atoms with Crippen LogP contribution in [0.15, 0.2) is 52.4 Å². The summed E-state index contributed by atoms with van der Waals surface area (Å²) in [6.07, 6.45) is 0.293. The molecule has 8 heteroatoms. The zero-order valence-electron chi connectivity index (χ0n) is 14.6. The smallest absolute Gasteiger partial charge is 0.261 e. The van der Waals surface area contributed by atoms with Gasteiger partial charge in [0.25, 0.3) is 5.56 Å². The van der Waals surface area contributed by atoms with Gasteiger partial charge in [-0.3, -0.25) is 14.2 Å². The molecule has 3 aromatic rings. The summed E-state index contributed by atoms with van der Waals surface area (Å²) in [5, 5.41) is 4.02. The number of benzene rings is 2. The molecule has 138 valence electrons. The van der Waals surface area contributed by atoms with Crippen molar-refractivity contribution in [3.8, 4) is 11.5 Å². The van der Waals surface area contributed by atoms with E-state index in [1.807, 2.05) is 18.2 Å². The fraction of sp³-hybridized carbons (Fsp3) is 0.211. The van der Waals surface area contributed by atoms with Crippen LogP contribution in [0.4, 0.5) is 5.69 Å². The first-order chi connectivity index (χ1) is 13.1. The van der Waals surface area contributed by atoms with Gasteiger partial charge in [-0.1, -0.05) is 23.9 Å². The van der Waals surface area contributed by atoms with Crippen molar-refractivity contribution >= 4 is 34.3 Å². The molecule has 4 rings (SSSR count). The number of ether oxygens (including phenoxy) is 2. The molecule has 27 heavy (non-hydrogen) atoms. The van der Waals surface area contributed by atoms with E-state index >= 15 is 0 Å². The third-order valence-electron chi connectivity index (χ3n) is 4.16. The van der Waals surface area contributed by atoms with Crippen LogP contribution >= 0.6 is 11.8 Å². The Kier molecular flexibility index (Phi) is 4.72. The SMILES string of the molecule is Cn1c(SCCC(=O)Nc2ccc3c(c2)OCO3)nc2ccccc2c1=O. The van der Waals surface area contributed by atoms with Crippen LogP contribution in [0.1, 0.15) is 6.42 Å². The van der Waals surface area contributed by atoms with Gasteiger partial charge in [-0.05, 0) is 24.3 Å². The normalized spacial score (nSPS) is 12.3. The van der Waals surface area contributed by atoms with Crippen LogP contribution < -0.4 is 20.3 Å². The van der Waals surface area contributed by atoms with Crippen LogP contribution in [0.25, 0.3) is 10.9 Å². The van der Waals surface area contributed by atoms with Crippen molar-refractivity contribution < 1.29 is 14.3 Å². The van der Waals surface area contributed by atoms with Gasteiger partial charge in [0.1, 0.15) is 0 Å². The van der Waals surface area contributed by atoms with Crippen molar-refractivity contribution in [2.24, 2.45) is 7.05 Å². The molecule has 0 bridgehead atoms. The number of nitrogens with zero attached hydrogens (tertiary/aromatic N) is 2. The highest BCUT2D eigenvalue weighted by Crippen LogP contribution is 2.34. The number of aromatic nitrogens is 2. The van der Waals surface area contributed by atoms with Crippen LogP contribution in [0.2, 0.25) is 0 Å². The minimum Gasteiger partial charge on any atom is -0.454 e. The van der Waals surface area contributed by atoms with Gasteiger partial charge in [-0.2, -0.15) is 0 Å². The van der Waals surface area contributed by atoms with Crippen molar-refractivity contribution in [2.75, 3.05) is 17.9 Å². The molecule has 1 amide bonds. The maximum atomic E-state index is 12.4. The number of fused-ring (bicyclic) bond motifs is 2. The summed E-state index contributed by atoms with van der Waals surface area (Å²) in [5.74, 6) is 1.69. The number of thioether (sulfide) groups is 1. The first kappa shape index (κ1) is 17.4. The largest absolute Gasteiger partial charge is 0.454 e. The van der Waals surface area contributed by atoms with E-state index in [1.54, 1.807) is 31.3 Å². The highest BCUT2D eigenvalue weighted by Gasteiger charge is 2.14. The number of nitrogens with one attached hydrogen (secondary N) is 1. The zero-order chi connectivity index (χ0) is 18.8. The van der Waals surface area contributed by atoms with Gasteiger partial charge in [0, 0.05) is 31.0 Å². The van der Waals surface area contributed by atoms with E-state index in [0.717, 1.165) is 0 Å². The fourth-order valence-corrected chi connectivity index (χ4v) is 3.67. The summed E-state index contributed by atoms with van der Waals surface area (Å²) in [7, 11) is 1.69. The molecule has 1 aromatic heterocycles. The summed E-state index contributed by atoms with van der Waals surface area (Å²) in [6.45, 7) is 0.195.